The summed E-state index contributed by atoms with van der Waals surface area (Å²) in [5, 5.41) is 6.13. The molecule has 170 valence electrons. The third-order valence-corrected chi connectivity index (χ3v) is 5.14. The fourth-order valence-corrected chi connectivity index (χ4v) is 3.32. The number of ether oxygens (including phenoxy) is 2. The van der Waals surface area contributed by atoms with E-state index in [1.165, 1.54) is 6.21 Å². The van der Waals surface area contributed by atoms with E-state index in [0.29, 0.717) is 17.1 Å². The maximum atomic E-state index is 12.3. The highest BCUT2D eigenvalue weighted by atomic mass is 16.5. The summed E-state index contributed by atoms with van der Waals surface area (Å²) in [4.78, 5) is 24.6. The first-order valence-corrected chi connectivity index (χ1v) is 10.9. The quantitative estimate of drug-likeness (QED) is 0.179. The molecule has 1 amide bonds. The van der Waals surface area contributed by atoms with Crippen LogP contribution in [0.1, 0.15) is 28.4 Å². The molecular weight excluding hydrogens is 428 g/mol. The maximum absolute atomic E-state index is 12.3. The van der Waals surface area contributed by atoms with Crippen LogP contribution in [0.5, 0.6) is 11.5 Å². The zero-order valence-electron chi connectivity index (χ0n) is 18.9. The summed E-state index contributed by atoms with van der Waals surface area (Å²) in [7, 11) is 0. The van der Waals surface area contributed by atoms with Gasteiger partial charge in [-0.1, -0.05) is 48.0 Å². The topological polar surface area (TPSA) is 77.0 Å². The van der Waals surface area contributed by atoms with Crippen LogP contribution in [-0.4, -0.2) is 24.2 Å². The lowest BCUT2D eigenvalue weighted by atomic mass is 10.1. The minimum atomic E-state index is -0.721. The second-order valence-electron chi connectivity index (χ2n) is 7.83. The van der Waals surface area contributed by atoms with Crippen molar-refractivity contribution in [3.63, 3.8) is 0 Å². The molecule has 4 aromatic rings. The van der Waals surface area contributed by atoms with E-state index < -0.39 is 12.1 Å². The van der Waals surface area contributed by atoms with Gasteiger partial charge in [-0.15, -0.1) is 0 Å². The van der Waals surface area contributed by atoms with Gasteiger partial charge in [-0.3, -0.25) is 4.79 Å². The van der Waals surface area contributed by atoms with Crippen molar-refractivity contribution in [2.75, 3.05) is 0 Å². The monoisotopic (exact) mass is 452 g/mol. The molecule has 0 aliphatic rings. The molecule has 0 heterocycles. The van der Waals surface area contributed by atoms with E-state index in [-0.39, 0.29) is 5.91 Å². The zero-order valence-corrected chi connectivity index (χ0v) is 18.9. The first-order chi connectivity index (χ1) is 16.5. The van der Waals surface area contributed by atoms with Crippen LogP contribution in [0.3, 0.4) is 0 Å². The molecule has 1 atom stereocenters. The highest BCUT2D eigenvalue weighted by Crippen LogP contribution is 2.21. The highest BCUT2D eigenvalue weighted by Gasteiger charge is 2.14. The van der Waals surface area contributed by atoms with Crippen LogP contribution in [0.25, 0.3) is 10.8 Å². The van der Waals surface area contributed by atoms with Crippen LogP contribution < -0.4 is 14.9 Å². The van der Waals surface area contributed by atoms with Crippen molar-refractivity contribution in [3.05, 3.63) is 108 Å². The normalized spacial score (nSPS) is 11.8. The van der Waals surface area contributed by atoms with E-state index in [2.05, 4.69) is 10.5 Å². The summed E-state index contributed by atoms with van der Waals surface area (Å²) in [6.07, 6.45) is 0.786. The lowest BCUT2D eigenvalue weighted by molar-refractivity contribution is -0.127. The minimum absolute atomic E-state index is 0.367. The molecule has 0 aliphatic carbocycles. The Morgan fingerprint density at radius 2 is 1.59 bits per heavy atom. The number of benzene rings is 4. The van der Waals surface area contributed by atoms with Crippen molar-refractivity contribution in [1.82, 2.24) is 5.43 Å². The van der Waals surface area contributed by atoms with Crippen LogP contribution in [0, 0.1) is 6.92 Å². The first-order valence-electron chi connectivity index (χ1n) is 10.9. The van der Waals surface area contributed by atoms with Gasteiger partial charge in [-0.05, 0) is 78.7 Å². The van der Waals surface area contributed by atoms with Gasteiger partial charge in [-0.25, -0.2) is 10.2 Å². The molecule has 4 rings (SSSR count). The van der Waals surface area contributed by atoms with Crippen LogP contribution in [-0.2, 0) is 4.79 Å². The zero-order chi connectivity index (χ0) is 23.9. The maximum Gasteiger partial charge on any atom is 0.343 e. The first kappa shape index (κ1) is 22.7. The molecule has 0 saturated carbocycles. The Morgan fingerprint density at radius 1 is 0.853 bits per heavy atom. The SMILES string of the molecule is Cc1cccc(C(=O)Oc2ccc(/C=N/NC(=O)C(C)Oc3ccc4ccccc4c3)cc2)c1. The summed E-state index contributed by atoms with van der Waals surface area (Å²) in [6, 6.07) is 27.7. The number of rotatable bonds is 7. The third kappa shape index (κ3) is 5.86. The van der Waals surface area contributed by atoms with Gasteiger partial charge in [0, 0.05) is 0 Å². The van der Waals surface area contributed by atoms with Gasteiger partial charge in [0.1, 0.15) is 11.5 Å². The molecule has 4 aromatic carbocycles. The summed E-state index contributed by atoms with van der Waals surface area (Å²) in [5.41, 5.74) is 4.70. The van der Waals surface area contributed by atoms with Crippen LogP contribution in [0.15, 0.2) is 96.1 Å². The Kier molecular flexibility index (Phi) is 6.98. The molecule has 0 aliphatic heterocycles. The molecule has 0 bridgehead atoms. The summed E-state index contributed by atoms with van der Waals surface area (Å²) in [5.74, 6) is 0.247. The fraction of sp³-hybridized carbons (Fsp3) is 0.107. The fourth-order valence-electron chi connectivity index (χ4n) is 3.32. The second-order valence-corrected chi connectivity index (χ2v) is 7.83. The second kappa shape index (κ2) is 10.4. The lowest BCUT2D eigenvalue weighted by Gasteiger charge is -2.13. The van der Waals surface area contributed by atoms with Crippen molar-refractivity contribution in [2.45, 2.75) is 20.0 Å². The van der Waals surface area contributed by atoms with E-state index in [4.69, 9.17) is 9.47 Å². The van der Waals surface area contributed by atoms with Gasteiger partial charge in [-0.2, -0.15) is 5.10 Å². The predicted molar refractivity (Wildman–Crippen MR) is 132 cm³/mol. The average Bonchev–Trinajstić information content (AvgIpc) is 2.85. The minimum Gasteiger partial charge on any atom is -0.481 e. The van der Waals surface area contributed by atoms with Gasteiger partial charge in [0.15, 0.2) is 6.10 Å². The van der Waals surface area contributed by atoms with Crippen LogP contribution in [0.4, 0.5) is 0 Å². The molecule has 0 saturated heterocycles. The standard InChI is InChI=1S/C28H24N2O4/c1-19-6-5-9-24(16-19)28(32)34-25-13-10-21(11-14-25)18-29-30-27(31)20(2)33-26-15-12-22-7-3-4-8-23(22)17-26/h3-18,20H,1-2H3,(H,30,31)/b29-18+. The van der Waals surface area contributed by atoms with Gasteiger partial charge in [0.25, 0.3) is 5.91 Å². The molecule has 34 heavy (non-hydrogen) atoms. The number of hydrogen-bond donors (Lipinski definition) is 1. The Hall–Kier alpha value is -4.45. The molecule has 0 fully saturated rings. The van der Waals surface area contributed by atoms with Gasteiger partial charge in [0.2, 0.25) is 0 Å². The van der Waals surface area contributed by atoms with Gasteiger partial charge >= 0.3 is 5.97 Å². The molecule has 0 spiro atoms. The smallest absolute Gasteiger partial charge is 0.343 e. The molecule has 1 unspecified atom stereocenters. The molecule has 6 nitrogen and oxygen atoms in total. The number of aryl methyl sites for hydroxylation is 1. The average molecular weight is 453 g/mol. The van der Waals surface area contributed by atoms with Crippen molar-refractivity contribution in [1.29, 1.82) is 0 Å². The molecule has 0 aromatic heterocycles. The molecule has 0 radical (unpaired) electrons. The Morgan fingerprint density at radius 3 is 2.35 bits per heavy atom. The van der Waals surface area contributed by atoms with E-state index in [9.17, 15) is 9.59 Å². The van der Waals surface area contributed by atoms with Crippen molar-refractivity contribution in [3.8, 4) is 11.5 Å². The van der Waals surface area contributed by atoms with E-state index >= 15 is 0 Å². The van der Waals surface area contributed by atoms with Crippen molar-refractivity contribution < 1.29 is 19.1 Å². The lowest BCUT2D eigenvalue weighted by Crippen LogP contribution is -2.33. The Balaban J connectivity index is 1.29. The Labute approximate surface area is 197 Å². The van der Waals surface area contributed by atoms with Crippen molar-refractivity contribution >= 4 is 28.9 Å². The molecule has 1 N–H and O–H groups in total. The highest BCUT2D eigenvalue weighted by molar-refractivity contribution is 5.91. The summed E-state index contributed by atoms with van der Waals surface area (Å²) in [6.45, 7) is 3.58. The summed E-state index contributed by atoms with van der Waals surface area (Å²) < 4.78 is 11.1. The number of hydrazone groups is 1. The molecular formula is C28H24N2O4. The van der Waals surface area contributed by atoms with E-state index in [1.54, 1.807) is 43.3 Å². The predicted octanol–water partition coefficient (Wildman–Crippen LogP) is 5.29. The number of amides is 1. The largest absolute Gasteiger partial charge is 0.481 e. The van der Waals surface area contributed by atoms with Crippen LogP contribution >= 0.6 is 0 Å². The third-order valence-electron chi connectivity index (χ3n) is 5.14. The number of nitrogens with one attached hydrogen (secondary N) is 1. The van der Waals surface area contributed by atoms with E-state index in [0.717, 1.165) is 21.9 Å². The Bertz CT molecular complexity index is 1350. The van der Waals surface area contributed by atoms with Crippen LogP contribution in [0.2, 0.25) is 0 Å². The number of carbonyl (C=O) groups excluding carboxylic acids is 2. The number of hydrogen-bond acceptors (Lipinski definition) is 5. The van der Waals surface area contributed by atoms with Gasteiger partial charge < -0.3 is 9.47 Å². The number of esters is 1. The molecule has 6 heteroatoms. The van der Waals surface area contributed by atoms with Gasteiger partial charge in [0.05, 0.1) is 11.8 Å². The summed E-state index contributed by atoms with van der Waals surface area (Å²) >= 11 is 0. The number of carbonyl (C=O) groups is 2. The van der Waals surface area contributed by atoms with Crippen molar-refractivity contribution in [2.24, 2.45) is 5.10 Å². The van der Waals surface area contributed by atoms with E-state index in [1.807, 2.05) is 61.5 Å². The number of nitrogens with zero attached hydrogens (tertiary/aromatic N) is 1. The number of fused-ring (bicyclic) bond motifs is 1.